The number of nitrogens with two attached hydrogens (primary N) is 1. The summed E-state index contributed by atoms with van der Waals surface area (Å²) in [6.45, 7) is -0.385. The Hall–Kier alpha value is -1.41. The van der Waals surface area contributed by atoms with Crippen LogP contribution in [-0.2, 0) is 11.3 Å². The Balaban J connectivity index is 2.63. The van der Waals surface area contributed by atoms with Crippen molar-refractivity contribution >= 4 is 5.69 Å². The van der Waals surface area contributed by atoms with Gasteiger partial charge in [-0.05, 0) is 30.2 Å². The van der Waals surface area contributed by atoms with E-state index in [4.69, 9.17) is 5.84 Å². The minimum Gasteiger partial charge on any atom is -0.370 e. The van der Waals surface area contributed by atoms with Crippen LogP contribution in [0.2, 0.25) is 0 Å². The van der Waals surface area contributed by atoms with Crippen LogP contribution < -0.4 is 11.3 Å². The summed E-state index contributed by atoms with van der Waals surface area (Å²) in [6, 6.07) is 4.81. The number of ether oxygens (including phenoxy) is 1. The van der Waals surface area contributed by atoms with Crippen LogP contribution in [0, 0.1) is 6.92 Å². The lowest BCUT2D eigenvalue weighted by molar-refractivity contribution is -0.297. The fourth-order valence-electron chi connectivity index (χ4n) is 1.29. The number of alkyl halides is 5. The van der Waals surface area contributed by atoms with Gasteiger partial charge in [0.25, 0.3) is 0 Å². The van der Waals surface area contributed by atoms with Gasteiger partial charge in [-0.15, -0.1) is 0 Å². The van der Waals surface area contributed by atoms with Gasteiger partial charge in [-0.25, -0.2) is 0 Å². The zero-order valence-electron chi connectivity index (χ0n) is 10.0. The topological polar surface area (TPSA) is 47.3 Å². The number of aryl methyl sites for hydroxylation is 1. The molecule has 0 bridgehead atoms. The maximum absolute atomic E-state index is 12.6. The predicted molar refractivity (Wildman–Crippen MR) is 59.6 cm³/mol. The molecule has 0 aromatic heterocycles. The van der Waals surface area contributed by atoms with Gasteiger partial charge in [0.2, 0.25) is 0 Å². The molecule has 0 saturated heterocycles. The highest BCUT2D eigenvalue weighted by molar-refractivity contribution is 5.47. The van der Waals surface area contributed by atoms with Gasteiger partial charge in [-0.2, -0.15) is 22.0 Å². The Morgan fingerprint density at radius 2 is 1.84 bits per heavy atom. The SMILES string of the molecule is Cc1ccc(NN)cc1COCC(F)(F)C(F)(F)F. The third-order valence-corrected chi connectivity index (χ3v) is 2.47. The van der Waals surface area contributed by atoms with Crippen molar-refractivity contribution < 1.29 is 26.7 Å². The van der Waals surface area contributed by atoms with Crippen molar-refractivity contribution in [2.24, 2.45) is 5.84 Å². The number of rotatable bonds is 5. The summed E-state index contributed by atoms with van der Waals surface area (Å²) in [5.74, 6) is 0.308. The molecule has 108 valence electrons. The first kappa shape index (κ1) is 15.6. The molecule has 0 aliphatic rings. The number of hydrogen-bond acceptors (Lipinski definition) is 3. The summed E-state index contributed by atoms with van der Waals surface area (Å²) < 4.78 is 65.3. The van der Waals surface area contributed by atoms with E-state index < -0.39 is 18.7 Å². The monoisotopic (exact) mass is 284 g/mol. The summed E-state index contributed by atoms with van der Waals surface area (Å²) in [6.07, 6.45) is -5.61. The fraction of sp³-hybridized carbons (Fsp3) is 0.455. The van der Waals surface area contributed by atoms with Gasteiger partial charge in [0, 0.05) is 5.69 Å². The molecule has 0 spiro atoms. The van der Waals surface area contributed by atoms with E-state index >= 15 is 0 Å². The molecule has 0 amide bonds. The molecule has 0 unspecified atom stereocenters. The smallest absolute Gasteiger partial charge is 0.370 e. The number of nitrogens with one attached hydrogen (secondary N) is 1. The van der Waals surface area contributed by atoms with E-state index in [1.807, 2.05) is 0 Å². The molecule has 0 radical (unpaired) electrons. The Labute approximate surface area is 106 Å². The highest BCUT2D eigenvalue weighted by Gasteiger charge is 2.57. The minimum atomic E-state index is -5.61. The summed E-state index contributed by atoms with van der Waals surface area (Å²) in [7, 11) is 0. The first-order chi connectivity index (χ1) is 8.67. The summed E-state index contributed by atoms with van der Waals surface area (Å²) >= 11 is 0. The van der Waals surface area contributed by atoms with Crippen molar-refractivity contribution in [2.45, 2.75) is 25.6 Å². The molecular formula is C11H13F5N2O. The van der Waals surface area contributed by atoms with E-state index in [0.29, 0.717) is 16.8 Å². The number of hydrogen-bond donors (Lipinski definition) is 2. The molecule has 3 nitrogen and oxygen atoms in total. The van der Waals surface area contributed by atoms with Crippen molar-refractivity contribution in [3.05, 3.63) is 29.3 Å². The third-order valence-electron chi connectivity index (χ3n) is 2.47. The van der Waals surface area contributed by atoms with Crippen LogP contribution in [0.15, 0.2) is 18.2 Å². The fourth-order valence-corrected chi connectivity index (χ4v) is 1.29. The Morgan fingerprint density at radius 1 is 1.21 bits per heavy atom. The second kappa shape index (κ2) is 5.70. The number of hydrazine groups is 1. The number of benzene rings is 1. The molecule has 1 rings (SSSR count). The molecule has 0 aliphatic heterocycles. The van der Waals surface area contributed by atoms with Crippen LogP contribution >= 0.6 is 0 Å². The van der Waals surface area contributed by atoms with E-state index in [0.717, 1.165) is 0 Å². The highest BCUT2D eigenvalue weighted by atomic mass is 19.4. The van der Waals surface area contributed by atoms with Crippen molar-refractivity contribution in [3.8, 4) is 0 Å². The van der Waals surface area contributed by atoms with Gasteiger partial charge in [-0.1, -0.05) is 6.07 Å². The maximum atomic E-state index is 12.6. The zero-order chi connectivity index (χ0) is 14.7. The average molecular weight is 284 g/mol. The summed E-state index contributed by atoms with van der Waals surface area (Å²) in [4.78, 5) is 0. The van der Waals surface area contributed by atoms with Gasteiger partial charge >= 0.3 is 12.1 Å². The number of nitrogen functional groups attached to an aromatic ring is 1. The lowest BCUT2D eigenvalue weighted by Crippen LogP contribution is -2.40. The van der Waals surface area contributed by atoms with Crippen molar-refractivity contribution in [3.63, 3.8) is 0 Å². The van der Waals surface area contributed by atoms with Crippen LogP contribution in [0.3, 0.4) is 0 Å². The van der Waals surface area contributed by atoms with Crippen LogP contribution in [0.25, 0.3) is 0 Å². The third kappa shape index (κ3) is 4.03. The molecular weight excluding hydrogens is 271 g/mol. The molecule has 1 aromatic carbocycles. The lowest BCUT2D eigenvalue weighted by atomic mass is 10.1. The molecule has 19 heavy (non-hydrogen) atoms. The van der Waals surface area contributed by atoms with Gasteiger partial charge in [-0.3, -0.25) is 5.84 Å². The van der Waals surface area contributed by atoms with Gasteiger partial charge in [0.1, 0.15) is 6.61 Å². The minimum absolute atomic E-state index is 0.354. The predicted octanol–water partition coefficient (Wildman–Crippen LogP) is 2.99. The Bertz CT molecular complexity index is 434. The van der Waals surface area contributed by atoms with Gasteiger partial charge in [0.15, 0.2) is 0 Å². The van der Waals surface area contributed by atoms with Crippen LogP contribution in [0.1, 0.15) is 11.1 Å². The van der Waals surface area contributed by atoms with Crippen molar-refractivity contribution in [1.82, 2.24) is 0 Å². The average Bonchev–Trinajstić information content (AvgIpc) is 2.30. The summed E-state index contributed by atoms with van der Waals surface area (Å²) in [5, 5.41) is 0. The molecule has 8 heteroatoms. The van der Waals surface area contributed by atoms with E-state index in [-0.39, 0.29) is 6.61 Å². The van der Waals surface area contributed by atoms with Crippen molar-refractivity contribution in [2.75, 3.05) is 12.0 Å². The quantitative estimate of drug-likeness (QED) is 0.496. The molecule has 3 N–H and O–H groups in total. The molecule has 0 heterocycles. The van der Waals surface area contributed by atoms with Gasteiger partial charge in [0.05, 0.1) is 6.61 Å². The lowest BCUT2D eigenvalue weighted by Gasteiger charge is -2.19. The van der Waals surface area contributed by atoms with Gasteiger partial charge < -0.3 is 10.2 Å². The number of halogens is 5. The van der Waals surface area contributed by atoms with Crippen LogP contribution in [0.4, 0.5) is 27.6 Å². The Morgan fingerprint density at radius 3 is 2.37 bits per heavy atom. The zero-order valence-corrected chi connectivity index (χ0v) is 10.0. The molecule has 1 aromatic rings. The highest BCUT2D eigenvalue weighted by Crippen LogP contribution is 2.35. The number of anilines is 1. The van der Waals surface area contributed by atoms with Crippen LogP contribution in [0.5, 0.6) is 0 Å². The van der Waals surface area contributed by atoms with Crippen LogP contribution in [-0.4, -0.2) is 18.7 Å². The van der Waals surface area contributed by atoms with E-state index in [1.54, 1.807) is 19.1 Å². The second-order valence-electron chi connectivity index (χ2n) is 3.98. The second-order valence-corrected chi connectivity index (χ2v) is 3.98. The molecule has 0 saturated carbocycles. The normalized spacial score (nSPS) is 12.6. The van der Waals surface area contributed by atoms with E-state index in [9.17, 15) is 22.0 Å². The standard InChI is InChI=1S/C11H13F5N2O/c1-7-2-3-9(18-17)4-8(7)5-19-6-10(12,13)11(14,15)16/h2-4,18H,5-6,17H2,1H3. The first-order valence-corrected chi connectivity index (χ1v) is 5.26. The van der Waals surface area contributed by atoms with Crippen molar-refractivity contribution in [1.29, 1.82) is 0 Å². The first-order valence-electron chi connectivity index (χ1n) is 5.26. The van der Waals surface area contributed by atoms with E-state index in [2.05, 4.69) is 10.2 Å². The largest absolute Gasteiger partial charge is 0.455 e. The molecule has 0 atom stereocenters. The van der Waals surface area contributed by atoms with E-state index in [1.165, 1.54) is 6.07 Å². The maximum Gasteiger partial charge on any atom is 0.455 e. The molecule has 0 fully saturated rings. The Kier molecular flexibility index (Phi) is 4.70. The molecule has 0 aliphatic carbocycles. The summed E-state index contributed by atoms with van der Waals surface area (Å²) in [5.41, 5.74) is 4.03.